The summed E-state index contributed by atoms with van der Waals surface area (Å²) in [5, 5.41) is 0. The van der Waals surface area contributed by atoms with Crippen LogP contribution in [-0.2, 0) is 16.6 Å². The SMILES string of the molecule is Cc1ccc(CN(C(=O)c2ccccc2)S(=O)(=O)c2ccc(C)cc2)cc1. The van der Waals surface area contributed by atoms with Crippen molar-refractivity contribution in [2.75, 3.05) is 0 Å². The van der Waals surface area contributed by atoms with Crippen LogP contribution in [0.25, 0.3) is 0 Å². The molecule has 5 heteroatoms. The molecule has 4 nitrogen and oxygen atoms in total. The van der Waals surface area contributed by atoms with Crippen LogP contribution >= 0.6 is 0 Å². The van der Waals surface area contributed by atoms with Crippen molar-refractivity contribution in [1.82, 2.24) is 4.31 Å². The maximum Gasteiger partial charge on any atom is 0.267 e. The Morgan fingerprint density at radius 3 is 1.85 bits per heavy atom. The highest BCUT2D eigenvalue weighted by atomic mass is 32.2. The first-order valence-electron chi connectivity index (χ1n) is 8.62. The first-order chi connectivity index (χ1) is 12.9. The highest BCUT2D eigenvalue weighted by molar-refractivity contribution is 7.89. The molecule has 1 amide bonds. The van der Waals surface area contributed by atoms with Gasteiger partial charge in [0.15, 0.2) is 0 Å². The van der Waals surface area contributed by atoms with Crippen LogP contribution in [0.5, 0.6) is 0 Å². The van der Waals surface area contributed by atoms with Crippen molar-refractivity contribution >= 4 is 15.9 Å². The van der Waals surface area contributed by atoms with Crippen LogP contribution in [0.3, 0.4) is 0 Å². The van der Waals surface area contributed by atoms with E-state index >= 15 is 0 Å². The Hall–Kier alpha value is -2.92. The molecular formula is C22H21NO3S. The van der Waals surface area contributed by atoms with Crippen molar-refractivity contribution in [3.63, 3.8) is 0 Å². The van der Waals surface area contributed by atoms with E-state index in [1.807, 2.05) is 38.1 Å². The lowest BCUT2D eigenvalue weighted by atomic mass is 10.1. The molecule has 0 radical (unpaired) electrons. The average molecular weight is 379 g/mol. The number of hydrogen-bond acceptors (Lipinski definition) is 3. The molecule has 138 valence electrons. The molecule has 0 saturated heterocycles. The summed E-state index contributed by atoms with van der Waals surface area (Å²) in [6.45, 7) is 3.82. The molecule has 3 aromatic rings. The van der Waals surface area contributed by atoms with E-state index in [-0.39, 0.29) is 11.4 Å². The molecule has 0 aliphatic heterocycles. The number of amides is 1. The molecule has 0 aliphatic carbocycles. The van der Waals surface area contributed by atoms with E-state index in [1.165, 1.54) is 12.1 Å². The van der Waals surface area contributed by atoms with Crippen LogP contribution in [0.15, 0.2) is 83.8 Å². The van der Waals surface area contributed by atoms with Crippen LogP contribution in [0, 0.1) is 13.8 Å². The van der Waals surface area contributed by atoms with Crippen LogP contribution in [0.1, 0.15) is 27.0 Å². The summed E-state index contributed by atoms with van der Waals surface area (Å²) in [4.78, 5) is 13.2. The van der Waals surface area contributed by atoms with Gasteiger partial charge in [-0.05, 0) is 43.7 Å². The van der Waals surface area contributed by atoms with Gasteiger partial charge < -0.3 is 0 Å². The fourth-order valence-electron chi connectivity index (χ4n) is 2.69. The molecular weight excluding hydrogens is 358 g/mol. The van der Waals surface area contributed by atoms with Gasteiger partial charge in [0.05, 0.1) is 11.4 Å². The molecule has 0 saturated carbocycles. The molecule has 0 fully saturated rings. The lowest BCUT2D eigenvalue weighted by Gasteiger charge is -2.23. The molecule has 0 atom stereocenters. The predicted octanol–water partition coefficient (Wildman–Crippen LogP) is 4.33. The van der Waals surface area contributed by atoms with Crippen LogP contribution in [-0.4, -0.2) is 18.6 Å². The Bertz CT molecular complexity index is 1030. The van der Waals surface area contributed by atoms with E-state index in [2.05, 4.69) is 0 Å². The Labute approximate surface area is 160 Å². The van der Waals surface area contributed by atoms with Gasteiger partial charge in [-0.3, -0.25) is 4.79 Å². The number of carbonyl (C=O) groups excluding carboxylic acids is 1. The highest BCUT2D eigenvalue weighted by Crippen LogP contribution is 2.22. The normalized spacial score (nSPS) is 11.2. The second-order valence-electron chi connectivity index (χ2n) is 6.48. The number of aryl methyl sites for hydroxylation is 2. The molecule has 27 heavy (non-hydrogen) atoms. The number of rotatable bonds is 5. The van der Waals surface area contributed by atoms with Crippen molar-refractivity contribution in [3.05, 3.63) is 101 Å². The maximum atomic E-state index is 13.2. The number of hydrogen-bond donors (Lipinski definition) is 0. The Balaban J connectivity index is 2.04. The summed E-state index contributed by atoms with van der Waals surface area (Å²) in [6, 6.07) is 22.5. The topological polar surface area (TPSA) is 54.5 Å². The number of nitrogens with zero attached hydrogens (tertiary/aromatic N) is 1. The fourth-order valence-corrected chi connectivity index (χ4v) is 4.06. The second kappa shape index (κ2) is 7.76. The van der Waals surface area contributed by atoms with Crippen molar-refractivity contribution in [3.8, 4) is 0 Å². The lowest BCUT2D eigenvalue weighted by Crippen LogP contribution is -2.36. The van der Waals surface area contributed by atoms with Crippen LogP contribution in [0.2, 0.25) is 0 Å². The van der Waals surface area contributed by atoms with Crippen molar-refractivity contribution < 1.29 is 13.2 Å². The maximum absolute atomic E-state index is 13.2. The average Bonchev–Trinajstić information content (AvgIpc) is 2.68. The van der Waals surface area contributed by atoms with Crippen LogP contribution in [0.4, 0.5) is 0 Å². The summed E-state index contributed by atoms with van der Waals surface area (Å²) < 4.78 is 27.4. The lowest BCUT2D eigenvalue weighted by molar-refractivity contribution is 0.0855. The predicted molar refractivity (Wildman–Crippen MR) is 106 cm³/mol. The van der Waals surface area contributed by atoms with Crippen molar-refractivity contribution in [1.29, 1.82) is 0 Å². The molecule has 0 N–H and O–H groups in total. The van der Waals surface area contributed by atoms with E-state index in [1.54, 1.807) is 42.5 Å². The minimum atomic E-state index is -3.99. The van der Waals surface area contributed by atoms with Gasteiger partial charge >= 0.3 is 0 Å². The molecule has 0 bridgehead atoms. The number of benzene rings is 3. The van der Waals surface area contributed by atoms with Crippen molar-refractivity contribution in [2.45, 2.75) is 25.3 Å². The number of carbonyl (C=O) groups is 1. The highest BCUT2D eigenvalue weighted by Gasteiger charge is 2.30. The van der Waals surface area contributed by atoms with Crippen molar-refractivity contribution in [2.24, 2.45) is 0 Å². The zero-order valence-electron chi connectivity index (χ0n) is 15.3. The Morgan fingerprint density at radius 1 is 0.778 bits per heavy atom. The Morgan fingerprint density at radius 2 is 1.30 bits per heavy atom. The quantitative estimate of drug-likeness (QED) is 0.663. The summed E-state index contributed by atoms with van der Waals surface area (Å²) in [6.07, 6.45) is 0. The van der Waals surface area contributed by atoms with E-state index in [0.717, 1.165) is 21.0 Å². The van der Waals surface area contributed by atoms with Gasteiger partial charge in [-0.2, -0.15) is 0 Å². The summed E-state index contributed by atoms with van der Waals surface area (Å²) in [5.74, 6) is -0.545. The summed E-state index contributed by atoms with van der Waals surface area (Å²) in [7, 11) is -3.99. The van der Waals surface area contributed by atoms with Gasteiger partial charge in [-0.25, -0.2) is 12.7 Å². The van der Waals surface area contributed by atoms with E-state index < -0.39 is 15.9 Å². The summed E-state index contributed by atoms with van der Waals surface area (Å²) >= 11 is 0. The zero-order chi connectivity index (χ0) is 19.4. The third kappa shape index (κ3) is 4.26. The molecule has 3 rings (SSSR count). The largest absolute Gasteiger partial charge is 0.268 e. The first-order valence-corrected chi connectivity index (χ1v) is 10.1. The van der Waals surface area contributed by atoms with E-state index in [9.17, 15) is 13.2 Å². The van der Waals surface area contributed by atoms with E-state index in [0.29, 0.717) is 5.56 Å². The standard InChI is InChI=1S/C22H21NO3S/c1-17-8-12-19(13-9-17)16-23(22(24)20-6-4-3-5-7-20)27(25,26)21-14-10-18(2)11-15-21/h3-15H,16H2,1-2H3. The minimum Gasteiger partial charge on any atom is -0.268 e. The third-order valence-electron chi connectivity index (χ3n) is 4.30. The van der Waals surface area contributed by atoms with Crippen LogP contribution < -0.4 is 0 Å². The number of sulfonamides is 1. The third-order valence-corrected chi connectivity index (χ3v) is 6.05. The monoisotopic (exact) mass is 379 g/mol. The smallest absolute Gasteiger partial charge is 0.267 e. The molecule has 0 aliphatic rings. The Kier molecular flexibility index (Phi) is 5.42. The molecule has 0 unspecified atom stereocenters. The van der Waals surface area contributed by atoms with Gasteiger partial charge in [-0.1, -0.05) is 65.7 Å². The van der Waals surface area contributed by atoms with Gasteiger partial charge in [0.25, 0.3) is 15.9 Å². The van der Waals surface area contributed by atoms with Gasteiger partial charge in [0.2, 0.25) is 0 Å². The fraction of sp³-hybridized carbons (Fsp3) is 0.136. The first kappa shape index (κ1) is 18.9. The van der Waals surface area contributed by atoms with Gasteiger partial charge in [-0.15, -0.1) is 0 Å². The zero-order valence-corrected chi connectivity index (χ0v) is 16.1. The van der Waals surface area contributed by atoms with Gasteiger partial charge in [0, 0.05) is 5.56 Å². The minimum absolute atomic E-state index is 0.0236. The summed E-state index contributed by atoms with van der Waals surface area (Å²) in [5.41, 5.74) is 3.11. The van der Waals surface area contributed by atoms with E-state index in [4.69, 9.17) is 0 Å². The van der Waals surface area contributed by atoms with Gasteiger partial charge in [0.1, 0.15) is 0 Å². The molecule has 3 aromatic carbocycles. The molecule has 0 aromatic heterocycles. The molecule has 0 spiro atoms. The second-order valence-corrected chi connectivity index (χ2v) is 8.34. The molecule has 0 heterocycles.